The molecule has 4 nitrogen and oxygen atoms in total. The third-order valence-electron chi connectivity index (χ3n) is 5.18. The maximum Gasteiger partial charge on any atom is 0.416 e. The molecule has 1 N–H and O–H groups in total. The monoisotopic (exact) mass is 436 g/mol. The second-order valence-corrected chi connectivity index (χ2v) is 7.34. The van der Waals surface area contributed by atoms with Crippen LogP contribution in [0, 0.1) is 0 Å². The Hall–Kier alpha value is -3.87. The Labute approximate surface area is 181 Å². The summed E-state index contributed by atoms with van der Waals surface area (Å²) in [5, 5.41) is 0.655. The van der Waals surface area contributed by atoms with Crippen LogP contribution in [0.25, 0.3) is 10.9 Å². The maximum absolute atomic E-state index is 13.4. The van der Waals surface area contributed by atoms with E-state index in [1.807, 2.05) is 30.3 Å². The summed E-state index contributed by atoms with van der Waals surface area (Å²) in [5.74, 6) is -0.660. The number of aromatic amines is 1. The van der Waals surface area contributed by atoms with Gasteiger partial charge in [0.25, 0.3) is 11.5 Å². The standard InChI is InChI=1S/C25H19F3N2O2/c26-25(27,28)19-10-6-11-20(16-19)30(14-13-17-7-2-1-3-8-17)24(32)21-15-18-9-4-5-12-22(18)29-23(21)31/h1-12,15-16H,13-14H2,(H,29,31). The SMILES string of the molecule is O=C(c1cc2ccccc2[nH]c1=O)N(CCc1ccccc1)c1cccc(C(F)(F)F)c1. The first-order valence-electron chi connectivity index (χ1n) is 9.98. The molecule has 0 fully saturated rings. The summed E-state index contributed by atoms with van der Waals surface area (Å²) < 4.78 is 39.9. The summed E-state index contributed by atoms with van der Waals surface area (Å²) in [6.07, 6.45) is -4.14. The number of nitrogens with one attached hydrogen (secondary N) is 1. The molecule has 1 heterocycles. The van der Waals surface area contributed by atoms with Crippen molar-refractivity contribution in [2.75, 3.05) is 11.4 Å². The van der Waals surface area contributed by atoms with E-state index >= 15 is 0 Å². The van der Waals surface area contributed by atoms with E-state index in [4.69, 9.17) is 0 Å². The molecule has 4 rings (SSSR count). The van der Waals surface area contributed by atoms with Crippen LogP contribution < -0.4 is 10.5 Å². The number of hydrogen-bond acceptors (Lipinski definition) is 2. The van der Waals surface area contributed by atoms with Crippen molar-refractivity contribution < 1.29 is 18.0 Å². The van der Waals surface area contributed by atoms with Crippen molar-refractivity contribution in [1.82, 2.24) is 4.98 Å². The number of halogens is 3. The molecule has 162 valence electrons. The van der Waals surface area contributed by atoms with Gasteiger partial charge in [-0.25, -0.2) is 0 Å². The largest absolute Gasteiger partial charge is 0.416 e. The highest BCUT2D eigenvalue weighted by Gasteiger charge is 2.31. The Morgan fingerprint density at radius 2 is 1.59 bits per heavy atom. The predicted molar refractivity (Wildman–Crippen MR) is 118 cm³/mol. The molecular weight excluding hydrogens is 417 g/mol. The first kappa shape index (κ1) is 21.4. The quantitative estimate of drug-likeness (QED) is 0.453. The van der Waals surface area contributed by atoms with E-state index in [-0.39, 0.29) is 17.8 Å². The number of benzene rings is 3. The predicted octanol–water partition coefficient (Wildman–Crippen LogP) is 5.44. The number of anilines is 1. The van der Waals surface area contributed by atoms with Crippen LogP contribution in [0.4, 0.5) is 18.9 Å². The summed E-state index contributed by atoms with van der Waals surface area (Å²) in [5.41, 5.74) is -0.0125. The van der Waals surface area contributed by atoms with Crippen molar-refractivity contribution >= 4 is 22.5 Å². The third-order valence-corrected chi connectivity index (χ3v) is 5.18. The molecular formula is C25H19F3N2O2. The van der Waals surface area contributed by atoms with Crippen LogP contribution in [0.1, 0.15) is 21.5 Å². The summed E-state index contributed by atoms with van der Waals surface area (Å²) in [4.78, 5) is 29.9. The van der Waals surface area contributed by atoms with E-state index in [1.54, 1.807) is 24.3 Å². The number of amides is 1. The smallest absolute Gasteiger partial charge is 0.321 e. The average molecular weight is 436 g/mol. The minimum Gasteiger partial charge on any atom is -0.321 e. The number of rotatable bonds is 5. The number of H-pyrrole nitrogens is 1. The van der Waals surface area contributed by atoms with Crippen LogP contribution >= 0.6 is 0 Å². The van der Waals surface area contributed by atoms with Crippen molar-refractivity contribution in [2.24, 2.45) is 0 Å². The Balaban J connectivity index is 1.76. The highest BCUT2D eigenvalue weighted by molar-refractivity contribution is 6.07. The van der Waals surface area contributed by atoms with Crippen molar-refractivity contribution in [1.29, 1.82) is 0 Å². The summed E-state index contributed by atoms with van der Waals surface area (Å²) in [6.45, 7) is 0.108. The first-order valence-corrected chi connectivity index (χ1v) is 9.98. The van der Waals surface area contributed by atoms with Crippen molar-refractivity contribution in [3.8, 4) is 0 Å². The molecule has 0 unspecified atom stereocenters. The Morgan fingerprint density at radius 3 is 2.34 bits per heavy atom. The molecule has 7 heteroatoms. The Bertz CT molecular complexity index is 1310. The third kappa shape index (κ3) is 4.56. The highest BCUT2D eigenvalue weighted by Crippen LogP contribution is 2.32. The van der Waals surface area contributed by atoms with Gasteiger partial charge in [-0.1, -0.05) is 54.6 Å². The van der Waals surface area contributed by atoms with Gasteiger partial charge in [-0.2, -0.15) is 13.2 Å². The number of aromatic nitrogens is 1. The molecule has 0 atom stereocenters. The lowest BCUT2D eigenvalue weighted by molar-refractivity contribution is -0.137. The molecule has 3 aromatic carbocycles. The van der Waals surface area contributed by atoms with Crippen LogP contribution in [0.15, 0.2) is 89.7 Å². The van der Waals surface area contributed by atoms with Crippen molar-refractivity contribution in [3.63, 3.8) is 0 Å². The van der Waals surface area contributed by atoms with Crippen LogP contribution in [0.5, 0.6) is 0 Å². The Kier molecular flexibility index (Phi) is 5.81. The summed E-state index contributed by atoms with van der Waals surface area (Å²) in [7, 11) is 0. The second-order valence-electron chi connectivity index (χ2n) is 7.34. The van der Waals surface area contributed by atoms with Gasteiger partial charge < -0.3 is 9.88 Å². The fraction of sp³-hybridized carbons (Fsp3) is 0.120. The molecule has 0 spiro atoms. The zero-order valence-corrected chi connectivity index (χ0v) is 16.9. The van der Waals surface area contributed by atoms with Crippen molar-refractivity contribution in [2.45, 2.75) is 12.6 Å². The van der Waals surface area contributed by atoms with Gasteiger partial charge in [0.15, 0.2) is 0 Å². The van der Waals surface area contributed by atoms with Crippen LogP contribution in [-0.4, -0.2) is 17.4 Å². The van der Waals surface area contributed by atoms with Crippen LogP contribution in [0.2, 0.25) is 0 Å². The number of alkyl halides is 3. The van der Waals surface area contributed by atoms with E-state index in [1.165, 1.54) is 23.1 Å². The Morgan fingerprint density at radius 1 is 0.875 bits per heavy atom. The molecule has 0 saturated carbocycles. The van der Waals surface area contributed by atoms with Gasteiger partial charge in [0, 0.05) is 17.7 Å². The fourth-order valence-electron chi connectivity index (χ4n) is 3.54. The first-order chi connectivity index (χ1) is 15.3. The van der Waals surface area contributed by atoms with E-state index in [0.717, 1.165) is 17.7 Å². The van der Waals surface area contributed by atoms with Gasteiger partial charge in [-0.3, -0.25) is 9.59 Å². The number of fused-ring (bicyclic) bond motifs is 1. The second kappa shape index (κ2) is 8.70. The number of carbonyl (C=O) groups is 1. The average Bonchev–Trinajstić information content (AvgIpc) is 2.79. The van der Waals surface area contributed by atoms with E-state index in [9.17, 15) is 22.8 Å². The minimum atomic E-state index is -4.55. The maximum atomic E-state index is 13.4. The van der Waals surface area contributed by atoms with E-state index in [2.05, 4.69) is 4.98 Å². The lowest BCUT2D eigenvalue weighted by Crippen LogP contribution is -2.36. The number of para-hydroxylation sites is 1. The van der Waals surface area contributed by atoms with Gasteiger partial charge in [0.1, 0.15) is 5.56 Å². The van der Waals surface area contributed by atoms with Gasteiger partial charge in [0.05, 0.1) is 5.56 Å². The summed E-state index contributed by atoms with van der Waals surface area (Å²) >= 11 is 0. The highest BCUT2D eigenvalue weighted by atomic mass is 19.4. The van der Waals surface area contributed by atoms with Gasteiger partial charge >= 0.3 is 6.18 Å². The number of hydrogen-bond donors (Lipinski definition) is 1. The topological polar surface area (TPSA) is 53.2 Å². The van der Waals surface area contributed by atoms with Gasteiger partial charge in [-0.15, -0.1) is 0 Å². The van der Waals surface area contributed by atoms with Crippen LogP contribution in [0.3, 0.4) is 0 Å². The molecule has 0 bridgehead atoms. The van der Waals surface area contributed by atoms with Gasteiger partial charge in [0.2, 0.25) is 0 Å². The molecule has 0 saturated heterocycles. The van der Waals surface area contributed by atoms with Crippen LogP contribution in [-0.2, 0) is 12.6 Å². The zero-order valence-electron chi connectivity index (χ0n) is 16.9. The normalized spacial score (nSPS) is 11.5. The number of carbonyl (C=O) groups excluding carboxylic acids is 1. The fourth-order valence-corrected chi connectivity index (χ4v) is 3.54. The molecule has 0 aliphatic carbocycles. The molecule has 1 aromatic heterocycles. The van der Waals surface area contributed by atoms with Gasteiger partial charge in [-0.05, 0) is 47.7 Å². The molecule has 1 amide bonds. The molecule has 0 radical (unpaired) electrons. The summed E-state index contributed by atoms with van der Waals surface area (Å²) in [6, 6.07) is 22.3. The number of pyridine rings is 1. The lowest BCUT2D eigenvalue weighted by Gasteiger charge is -2.24. The van der Waals surface area contributed by atoms with Crippen molar-refractivity contribution in [3.05, 3.63) is 112 Å². The molecule has 4 aromatic rings. The van der Waals surface area contributed by atoms with E-state index in [0.29, 0.717) is 17.3 Å². The molecule has 32 heavy (non-hydrogen) atoms. The van der Waals surface area contributed by atoms with E-state index < -0.39 is 23.2 Å². The lowest BCUT2D eigenvalue weighted by atomic mass is 10.1. The molecule has 0 aliphatic rings. The zero-order chi connectivity index (χ0) is 22.7. The minimum absolute atomic E-state index is 0.0771. The molecule has 0 aliphatic heterocycles. The number of nitrogens with zero attached hydrogens (tertiary/aromatic N) is 1.